The van der Waals surface area contributed by atoms with Crippen LogP contribution in [0.25, 0.3) is 0 Å². The van der Waals surface area contributed by atoms with E-state index in [0.717, 1.165) is 23.6 Å². The van der Waals surface area contributed by atoms with E-state index in [4.69, 9.17) is 11.6 Å². The number of likely N-dealkylation sites (tertiary alicyclic amines) is 1. The van der Waals surface area contributed by atoms with Gasteiger partial charge in [0.25, 0.3) is 0 Å². The van der Waals surface area contributed by atoms with Crippen LogP contribution in [0.1, 0.15) is 36.5 Å². The van der Waals surface area contributed by atoms with Crippen LogP contribution in [0, 0.1) is 11.3 Å². The van der Waals surface area contributed by atoms with Crippen molar-refractivity contribution in [1.82, 2.24) is 4.90 Å². The Hall–Kier alpha value is -1.80. The van der Waals surface area contributed by atoms with Crippen molar-refractivity contribution < 1.29 is 4.79 Å². The lowest BCUT2D eigenvalue weighted by Gasteiger charge is -2.41. The third-order valence-corrected chi connectivity index (χ3v) is 6.42. The molecule has 4 rings (SSSR count). The van der Waals surface area contributed by atoms with Crippen molar-refractivity contribution in [3.05, 3.63) is 70.2 Å². The third kappa shape index (κ3) is 2.28. The monoisotopic (exact) mass is 339 g/mol. The summed E-state index contributed by atoms with van der Waals surface area (Å²) in [5.41, 5.74) is 3.48. The maximum absolute atomic E-state index is 13.3. The Bertz CT molecular complexity index is 788. The number of carbonyl (C=O) groups is 1. The van der Waals surface area contributed by atoms with Crippen molar-refractivity contribution in [1.29, 1.82) is 0 Å². The third-order valence-electron chi connectivity index (χ3n) is 6.07. The van der Waals surface area contributed by atoms with Crippen molar-refractivity contribution in [3.8, 4) is 0 Å². The van der Waals surface area contributed by atoms with Gasteiger partial charge in [-0.05, 0) is 35.1 Å². The summed E-state index contributed by atoms with van der Waals surface area (Å²) in [6, 6.07) is 16.3. The van der Waals surface area contributed by atoms with E-state index in [1.165, 1.54) is 11.1 Å². The summed E-state index contributed by atoms with van der Waals surface area (Å²) in [6.07, 6.45) is 0.953. The minimum Gasteiger partial charge on any atom is -0.337 e. The number of nitrogens with zero attached hydrogens (tertiary/aromatic N) is 1. The number of hydrogen-bond acceptors (Lipinski definition) is 1. The molecule has 0 bridgehead atoms. The number of carbonyl (C=O) groups excluding carboxylic acids is 1. The van der Waals surface area contributed by atoms with Gasteiger partial charge in [0, 0.05) is 23.5 Å². The first-order valence-corrected chi connectivity index (χ1v) is 8.98. The summed E-state index contributed by atoms with van der Waals surface area (Å²) >= 11 is 6.43. The molecular formula is C21H22ClNO. The van der Waals surface area contributed by atoms with Gasteiger partial charge in [-0.25, -0.2) is 0 Å². The van der Waals surface area contributed by atoms with Crippen LogP contribution >= 0.6 is 11.6 Å². The molecule has 1 aliphatic carbocycles. The molecule has 0 N–H and O–H groups in total. The molecule has 1 amide bonds. The lowest BCUT2D eigenvalue weighted by atomic mass is 9.61. The van der Waals surface area contributed by atoms with E-state index < -0.39 is 0 Å². The largest absolute Gasteiger partial charge is 0.337 e. The zero-order chi connectivity index (χ0) is 16.9. The van der Waals surface area contributed by atoms with E-state index in [0.29, 0.717) is 12.5 Å². The highest BCUT2D eigenvalue weighted by Crippen LogP contribution is 2.54. The van der Waals surface area contributed by atoms with Gasteiger partial charge in [-0.2, -0.15) is 0 Å². The summed E-state index contributed by atoms with van der Waals surface area (Å²) in [4.78, 5) is 15.3. The van der Waals surface area contributed by atoms with Crippen molar-refractivity contribution in [2.45, 2.75) is 32.7 Å². The Balaban J connectivity index is 1.73. The van der Waals surface area contributed by atoms with Crippen LogP contribution < -0.4 is 0 Å². The van der Waals surface area contributed by atoms with Crippen LogP contribution in [0.4, 0.5) is 0 Å². The predicted octanol–water partition coefficient (Wildman–Crippen LogP) is 4.66. The lowest BCUT2D eigenvalue weighted by Crippen LogP contribution is -2.38. The summed E-state index contributed by atoms with van der Waals surface area (Å²) < 4.78 is 0. The number of rotatable bonds is 2. The second-order valence-corrected chi connectivity index (χ2v) is 7.94. The summed E-state index contributed by atoms with van der Waals surface area (Å²) in [5, 5.41) is 0.802. The topological polar surface area (TPSA) is 20.3 Å². The summed E-state index contributed by atoms with van der Waals surface area (Å²) in [7, 11) is 0. The minimum atomic E-state index is -0.0707. The average molecular weight is 340 g/mol. The molecule has 0 spiro atoms. The highest BCUT2D eigenvalue weighted by Gasteiger charge is 2.55. The zero-order valence-electron chi connectivity index (χ0n) is 14.1. The van der Waals surface area contributed by atoms with Gasteiger partial charge in [0.2, 0.25) is 5.91 Å². The number of hydrogen-bond donors (Lipinski definition) is 0. The van der Waals surface area contributed by atoms with Gasteiger partial charge in [0.05, 0.1) is 5.92 Å². The van der Waals surface area contributed by atoms with Gasteiger partial charge >= 0.3 is 0 Å². The van der Waals surface area contributed by atoms with E-state index >= 15 is 0 Å². The van der Waals surface area contributed by atoms with Crippen LogP contribution in [0.15, 0.2) is 48.5 Å². The Kier molecular flexibility index (Phi) is 3.69. The summed E-state index contributed by atoms with van der Waals surface area (Å²) in [5.74, 6) is 0.606. The molecule has 0 saturated carbocycles. The van der Waals surface area contributed by atoms with Crippen molar-refractivity contribution in [2.24, 2.45) is 11.3 Å². The Morgan fingerprint density at radius 3 is 2.67 bits per heavy atom. The normalized spacial score (nSPS) is 28.6. The van der Waals surface area contributed by atoms with Crippen LogP contribution in [0.3, 0.4) is 0 Å². The molecular weight excluding hydrogens is 318 g/mol. The standard InChI is InChI=1S/C21H22ClNO/c1-14-11-17-16(9-6-10-18(17)22)19-20(24)23(13-21(14,19)2)12-15-7-4-3-5-8-15/h3-10,14,19H,11-13H2,1-2H3/t14-,19+,21+/m0/s1. The Labute approximate surface area is 148 Å². The molecule has 3 atom stereocenters. The molecule has 2 nitrogen and oxygen atoms in total. The second kappa shape index (κ2) is 5.63. The van der Waals surface area contributed by atoms with Crippen LogP contribution in [0.5, 0.6) is 0 Å². The van der Waals surface area contributed by atoms with E-state index in [2.05, 4.69) is 32.0 Å². The van der Waals surface area contributed by atoms with Crippen LogP contribution in [-0.2, 0) is 17.8 Å². The van der Waals surface area contributed by atoms with Crippen LogP contribution in [0.2, 0.25) is 5.02 Å². The predicted molar refractivity (Wildman–Crippen MR) is 97.0 cm³/mol. The molecule has 1 heterocycles. The number of fused-ring (bicyclic) bond motifs is 3. The van der Waals surface area contributed by atoms with Crippen molar-refractivity contribution >= 4 is 17.5 Å². The van der Waals surface area contributed by atoms with E-state index in [9.17, 15) is 4.79 Å². The first-order chi connectivity index (χ1) is 11.5. The highest BCUT2D eigenvalue weighted by atomic mass is 35.5. The smallest absolute Gasteiger partial charge is 0.231 e. The molecule has 1 fully saturated rings. The zero-order valence-corrected chi connectivity index (χ0v) is 14.9. The lowest BCUT2D eigenvalue weighted by molar-refractivity contribution is -0.129. The maximum atomic E-state index is 13.3. The fourth-order valence-electron chi connectivity index (χ4n) is 4.51. The van der Waals surface area contributed by atoms with Gasteiger partial charge < -0.3 is 4.90 Å². The molecule has 0 aromatic heterocycles. The molecule has 0 radical (unpaired) electrons. The number of benzene rings is 2. The summed E-state index contributed by atoms with van der Waals surface area (Å²) in [6.45, 7) is 6.04. The van der Waals surface area contributed by atoms with Gasteiger partial charge in [-0.15, -0.1) is 0 Å². The Morgan fingerprint density at radius 1 is 1.17 bits per heavy atom. The quantitative estimate of drug-likeness (QED) is 0.779. The molecule has 2 aliphatic rings. The van der Waals surface area contributed by atoms with Gasteiger partial charge in [0.15, 0.2) is 0 Å². The fourth-order valence-corrected chi connectivity index (χ4v) is 4.77. The average Bonchev–Trinajstić information content (AvgIpc) is 2.82. The first-order valence-electron chi connectivity index (χ1n) is 8.60. The van der Waals surface area contributed by atoms with Crippen molar-refractivity contribution in [3.63, 3.8) is 0 Å². The highest BCUT2D eigenvalue weighted by molar-refractivity contribution is 6.31. The molecule has 2 aromatic carbocycles. The second-order valence-electron chi connectivity index (χ2n) is 7.53. The SMILES string of the molecule is C[C@H]1Cc2c(Cl)cccc2[C@@H]2C(=O)N(Cc3ccccc3)C[C@]12C. The number of amides is 1. The maximum Gasteiger partial charge on any atom is 0.231 e. The molecule has 24 heavy (non-hydrogen) atoms. The van der Waals surface area contributed by atoms with E-state index in [-0.39, 0.29) is 17.2 Å². The fraction of sp³-hybridized carbons (Fsp3) is 0.381. The molecule has 1 aliphatic heterocycles. The van der Waals surface area contributed by atoms with Gasteiger partial charge in [-0.3, -0.25) is 4.79 Å². The molecule has 1 saturated heterocycles. The molecule has 124 valence electrons. The first kappa shape index (κ1) is 15.7. The molecule has 0 unspecified atom stereocenters. The van der Waals surface area contributed by atoms with E-state index in [1.807, 2.05) is 35.2 Å². The molecule has 2 aromatic rings. The molecule has 3 heteroatoms. The Morgan fingerprint density at radius 2 is 1.92 bits per heavy atom. The van der Waals surface area contributed by atoms with Gasteiger partial charge in [0.1, 0.15) is 0 Å². The number of halogens is 1. The minimum absolute atomic E-state index is 0.0243. The van der Waals surface area contributed by atoms with E-state index in [1.54, 1.807) is 0 Å². The van der Waals surface area contributed by atoms with Crippen LogP contribution in [-0.4, -0.2) is 17.4 Å². The van der Waals surface area contributed by atoms with Crippen molar-refractivity contribution in [2.75, 3.05) is 6.54 Å². The van der Waals surface area contributed by atoms with Gasteiger partial charge in [-0.1, -0.05) is 67.9 Å².